The molecule has 1 unspecified atom stereocenters. The standard InChI is InChI=1S/C20H21FN2O3/c1-13(26-18-10-8-17(21)9-11-18)19(24)22-23-20(25)16-7-6-14-4-2-3-5-15(14)12-16/h6-13H,2-5H2,1H3,(H,22,24)(H,23,25). The van der Waals surface area contributed by atoms with Gasteiger partial charge < -0.3 is 4.74 Å². The van der Waals surface area contributed by atoms with E-state index in [1.165, 1.54) is 41.8 Å². The molecule has 2 amide bonds. The molecule has 26 heavy (non-hydrogen) atoms. The van der Waals surface area contributed by atoms with Crippen molar-refractivity contribution in [2.45, 2.75) is 38.7 Å². The molecule has 0 heterocycles. The second-order valence-electron chi connectivity index (χ2n) is 6.35. The van der Waals surface area contributed by atoms with Crippen molar-refractivity contribution in [3.05, 3.63) is 65.0 Å². The summed E-state index contributed by atoms with van der Waals surface area (Å²) in [7, 11) is 0. The number of nitrogens with one attached hydrogen (secondary N) is 2. The molecule has 0 aromatic heterocycles. The summed E-state index contributed by atoms with van der Waals surface area (Å²) in [5.41, 5.74) is 7.76. The zero-order chi connectivity index (χ0) is 18.5. The molecule has 2 aromatic rings. The maximum Gasteiger partial charge on any atom is 0.279 e. The molecule has 136 valence electrons. The van der Waals surface area contributed by atoms with Crippen molar-refractivity contribution in [3.8, 4) is 5.75 Å². The van der Waals surface area contributed by atoms with Crippen LogP contribution in [0.15, 0.2) is 42.5 Å². The molecule has 0 bridgehead atoms. The van der Waals surface area contributed by atoms with E-state index < -0.39 is 12.0 Å². The molecule has 0 saturated carbocycles. The van der Waals surface area contributed by atoms with E-state index in [0.29, 0.717) is 11.3 Å². The molecule has 2 N–H and O–H groups in total. The topological polar surface area (TPSA) is 67.4 Å². The maximum absolute atomic E-state index is 12.9. The Bertz CT molecular complexity index is 805. The van der Waals surface area contributed by atoms with Crippen LogP contribution in [0.25, 0.3) is 0 Å². The molecular weight excluding hydrogens is 335 g/mol. The lowest BCUT2D eigenvalue weighted by molar-refractivity contribution is -0.128. The number of aryl methyl sites for hydroxylation is 2. The predicted octanol–water partition coefficient (Wildman–Crippen LogP) is 2.93. The van der Waals surface area contributed by atoms with Crippen LogP contribution < -0.4 is 15.6 Å². The Morgan fingerprint density at radius 3 is 2.42 bits per heavy atom. The first-order valence-corrected chi connectivity index (χ1v) is 8.67. The minimum atomic E-state index is -0.843. The maximum atomic E-state index is 12.9. The quantitative estimate of drug-likeness (QED) is 0.828. The van der Waals surface area contributed by atoms with Crippen LogP contribution in [0.1, 0.15) is 41.3 Å². The molecule has 3 rings (SSSR count). The SMILES string of the molecule is CC(Oc1ccc(F)cc1)C(=O)NNC(=O)c1ccc2c(c1)CCCC2. The Labute approximate surface area is 151 Å². The van der Waals surface area contributed by atoms with Crippen LogP contribution in [0.5, 0.6) is 5.75 Å². The zero-order valence-corrected chi connectivity index (χ0v) is 14.5. The first kappa shape index (κ1) is 17.9. The van der Waals surface area contributed by atoms with Gasteiger partial charge >= 0.3 is 0 Å². The monoisotopic (exact) mass is 356 g/mol. The molecule has 0 fully saturated rings. The smallest absolute Gasteiger partial charge is 0.279 e. The van der Waals surface area contributed by atoms with Crippen LogP contribution in [0.4, 0.5) is 4.39 Å². The largest absolute Gasteiger partial charge is 0.481 e. The number of carbonyl (C=O) groups excluding carboxylic acids is 2. The number of benzene rings is 2. The summed E-state index contributed by atoms with van der Waals surface area (Å²) >= 11 is 0. The van der Waals surface area contributed by atoms with E-state index in [1.54, 1.807) is 13.0 Å². The minimum Gasteiger partial charge on any atom is -0.481 e. The van der Waals surface area contributed by atoms with Gasteiger partial charge in [0.25, 0.3) is 11.8 Å². The van der Waals surface area contributed by atoms with E-state index in [2.05, 4.69) is 10.9 Å². The number of halogens is 1. The summed E-state index contributed by atoms with van der Waals surface area (Å²) in [6.45, 7) is 1.55. The Morgan fingerprint density at radius 1 is 1.00 bits per heavy atom. The molecule has 0 radical (unpaired) electrons. The van der Waals surface area contributed by atoms with Gasteiger partial charge in [-0.15, -0.1) is 0 Å². The third-order valence-corrected chi connectivity index (χ3v) is 4.41. The number of hydrazine groups is 1. The van der Waals surface area contributed by atoms with Gasteiger partial charge in [-0.25, -0.2) is 4.39 Å². The molecule has 0 saturated heterocycles. The van der Waals surface area contributed by atoms with E-state index in [1.807, 2.05) is 12.1 Å². The number of carbonyl (C=O) groups is 2. The zero-order valence-electron chi connectivity index (χ0n) is 14.5. The predicted molar refractivity (Wildman–Crippen MR) is 95.2 cm³/mol. The van der Waals surface area contributed by atoms with Crippen molar-refractivity contribution in [3.63, 3.8) is 0 Å². The molecule has 1 aliphatic carbocycles. The fourth-order valence-electron chi connectivity index (χ4n) is 2.94. The van der Waals surface area contributed by atoms with Gasteiger partial charge in [0.05, 0.1) is 0 Å². The van der Waals surface area contributed by atoms with E-state index in [9.17, 15) is 14.0 Å². The van der Waals surface area contributed by atoms with Crippen LogP contribution >= 0.6 is 0 Å². The fraction of sp³-hybridized carbons (Fsp3) is 0.300. The fourth-order valence-corrected chi connectivity index (χ4v) is 2.94. The molecule has 5 nitrogen and oxygen atoms in total. The minimum absolute atomic E-state index is 0.370. The summed E-state index contributed by atoms with van der Waals surface area (Å²) in [4.78, 5) is 24.3. The summed E-state index contributed by atoms with van der Waals surface area (Å²) in [5, 5.41) is 0. The number of rotatable bonds is 4. The number of fused-ring (bicyclic) bond motifs is 1. The number of hydrogen-bond donors (Lipinski definition) is 2. The first-order valence-electron chi connectivity index (χ1n) is 8.67. The molecule has 2 aromatic carbocycles. The molecule has 0 aliphatic heterocycles. The highest BCUT2D eigenvalue weighted by atomic mass is 19.1. The van der Waals surface area contributed by atoms with Crippen molar-refractivity contribution in [2.75, 3.05) is 0 Å². The average molecular weight is 356 g/mol. The molecule has 1 aliphatic rings. The molecule has 0 spiro atoms. The lowest BCUT2D eigenvalue weighted by Crippen LogP contribution is -2.47. The van der Waals surface area contributed by atoms with Gasteiger partial charge in [0.15, 0.2) is 6.10 Å². The number of ether oxygens (including phenoxy) is 1. The van der Waals surface area contributed by atoms with Crippen LogP contribution in [0.3, 0.4) is 0 Å². The number of amides is 2. The molecule has 6 heteroatoms. The highest BCUT2D eigenvalue weighted by molar-refractivity contribution is 5.96. The molecular formula is C20H21FN2O3. The van der Waals surface area contributed by atoms with Gasteiger partial charge in [0.1, 0.15) is 11.6 Å². The van der Waals surface area contributed by atoms with E-state index in [-0.39, 0.29) is 11.7 Å². The molecule has 1 atom stereocenters. The van der Waals surface area contributed by atoms with Crippen molar-refractivity contribution < 1.29 is 18.7 Å². The lowest BCUT2D eigenvalue weighted by atomic mass is 9.90. The van der Waals surface area contributed by atoms with Crippen molar-refractivity contribution >= 4 is 11.8 Å². The van der Waals surface area contributed by atoms with E-state index in [4.69, 9.17) is 4.74 Å². The van der Waals surface area contributed by atoms with Gasteiger partial charge in [-0.05, 0) is 80.1 Å². The summed E-state index contributed by atoms with van der Waals surface area (Å²) < 4.78 is 18.3. The van der Waals surface area contributed by atoms with Gasteiger partial charge in [-0.2, -0.15) is 0 Å². The van der Waals surface area contributed by atoms with Gasteiger partial charge in [-0.3, -0.25) is 20.4 Å². The van der Waals surface area contributed by atoms with Crippen LogP contribution in [-0.4, -0.2) is 17.9 Å². The third kappa shape index (κ3) is 4.39. The normalized spacial score (nSPS) is 14.1. The highest BCUT2D eigenvalue weighted by Gasteiger charge is 2.17. The Hall–Kier alpha value is -2.89. The van der Waals surface area contributed by atoms with Gasteiger partial charge in [-0.1, -0.05) is 6.07 Å². The van der Waals surface area contributed by atoms with E-state index in [0.717, 1.165) is 19.3 Å². The van der Waals surface area contributed by atoms with Crippen molar-refractivity contribution in [1.29, 1.82) is 0 Å². The summed E-state index contributed by atoms with van der Waals surface area (Å²) in [6, 6.07) is 11.0. The van der Waals surface area contributed by atoms with Crippen LogP contribution in [0.2, 0.25) is 0 Å². The van der Waals surface area contributed by atoms with E-state index >= 15 is 0 Å². The summed E-state index contributed by atoms with van der Waals surface area (Å²) in [5.74, 6) is -0.886. The first-order chi connectivity index (χ1) is 12.5. The lowest BCUT2D eigenvalue weighted by Gasteiger charge is -2.17. The Balaban J connectivity index is 1.53. The van der Waals surface area contributed by atoms with Gasteiger partial charge in [0, 0.05) is 5.56 Å². The summed E-state index contributed by atoms with van der Waals surface area (Å²) in [6.07, 6.45) is 3.50. The Morgan fingerprint density at radius 2 is 1.69 bits per heavy atom. The second-order valence-corrected chi connectivity index (χ2v) is 6.35. The van der Waals surface area contributed by atoms with Crippen molar-refractivity contribution in [2.24, 2.45) is 0 Å². The van der Waals surface area contributed by atoms with Crippen molar-refractivity contribution in [1.82, 2.24) is 10.9 Å². The Kier molecular flexibility index (Phi) is 5.51. The highest BCUT2D eigenvalue weighted by Crippen LogP contribution is 2.22. The average Bonchev–Trinajstić information content (AvgIpc) is 2.67. The third-order valence-electron chi connectivity index (χ3n) is 4.41. The van der Waals surface area contributed by atoms with Gasteiger partial charge in [0.2, 0.25) is 0 Å². The van der Waals surface area contributed by atoms with Crippen LogP contribution in [0, 0.1) is 5.82 Å². The van der Waals surface area contributed by atoms with Crippen LogP contribution in [-0.2, 0) is 17.6 Å². The second kappa shape index (κ2) is 7.99. The number of hydrogen-bond acceptors (Lipinski definition) is 3.